The van der Waals surface area contributed by atoms with Crippen molar-refractivity contribution in [1.82, 2.24) is 0 Å². The number of rotatable bonds is 0. The summed E-state index contributed by atoms with van der Waals surface area (Å²) in [6.45, 7) is 6.84. The van der Waals surface area contributed by atoms with Crippen molar-refractivity contribution in [1.29, 1.82) is 0 Å². The molecule has 1 aromatic rings. The van der Waals surface area contributed by atoms with E-state index in [2.05, 4.69) is 19.9 Å². The van der Waals surface area contributed by atoms with Gasteiger partial charge in [0.25, 0.3) is 0 Å². The van der Waals surface area contributed by atoms with Crippen LogP contribution in [0.4, 0.5) is 4.39 Å². The Balaban J connectivity index is 2.53. The molecule has 0 bridgehead atoms. The van der Waals surface area contributed by atoms with Crippen LogP contribution < -0.4 is 4.74 Å². The van der Waals surface area contributed by atoms with Crippen molar-refractivity contribution in [2.75, 3.05) is 6.61 Å². The van der Waals surface area contributed by atoms with Gasteiger partial charge in [-0.15, -0.1) is 0 Å². The van der Waals surface area contributed by atoms with Crippen molar-refractivity contribution in [2.45, 2.75) is 20.8 Å². The average Bonchev–Trinajstić information content (AvgIpc) is 2.24. The molecule has 0 radical (unpaired) electrons. The minimum Gasteiger partial charge on any atom is -0.492 e. The lowest BCUT2D eigenvalue weighted by molar-refractivity contribution is 0.224. The highest BCUT2D eigenvalue weighted by Crippen LogP contribution is 2.34. The maximum atomic E-state index is 13.1. The van der Waals surface area contributed by atoms with Crippen LogP contribution in [0.2, 0.25) is 0 Å². The molecule has 0 amide bonds. The lowest BCUT2D eigenvalue weighted by Gasteiger charge is -2.18. The maximum absolute atomic E-state index is 13.1. The molecule has 80 valence electrons. The summed E-state index contributed by atoms with van der Waals surface area (Å²) in [5.41, 5.74) is 1.94. The minimum absolute atomic E-state index is 0.000417. The van der Waals surface area contributed by atoms with E-state index in [1.165, 1.54) is 12.1 Å². The zero-order valence-corrected chi connectivity index (χ0v) is 9.30. The van der Waals surface area contributed by atoms with Gasteiger partial charge in [-0.2, -0.15) is 0 Å². The van der Waals surface area contributed by atoms with Crippen molar-refractivity contribution < 1.29 is 9.13 Å². The van der Waals surface area contributed by atoms with Crippen molar-refractivity contribution >= 4 is 5.57 Å². The Morgan fingerprint density at radius 3 is 2.80 bits per heavy atom. The van der Waals surface area contributed by atoms with Gasteiger partial charge in [-0.25, -0.2) is 4.39 Å². The molecule has 0 saturated carbocycles. The van der Waals surface area contributed by atoms with E-state index in [0.717, 1.165) is 16.9 Å². The molecule has 0 spiro atoms. The van der Waals surface area contributed by atoms with Gasteiger partial charge in [0.05, 0.1) is 6.61 Å². The standard InChI is InChI=1S/C13H15FO/c1-9-7-13(2,3)8-15-12-5-4-10(14)6-11(9)12/h4-7H,8H2,1-3H3. The van der Waals surface area contributed by atoms with E-state index in [0.29, 0.717) is 6.61 Å². The average molecular weight is 206 g/mol. The molecule has 1 aliphatic rings. The summed E-state index contributed by atoms with van der Waals surface area (Å²) in [7, 11) is 0. The van der Waals surface area contributed by atoms with Gasteiger partial charge in [0, 0.05) is 11.0 Å². The Bertz CT molecular complexity index is 419. The Morgan fingerprint density at radius 1 is 1.33 bits per heavy atom. The third-order valence-electron chi connectivity index (χ3n) is 2.57. The molecule has 1 nitrogen and oxygen atoms in total. The fraction of sp³-hybridized carbons (Fsp3) is 0.385. The number of halogens is 1. The van der Waals surface area contributed by atoms with Gasteiger partial charge >= 0.3 is 0 Å². The van der Waals surface area contributed by atoms with Crippen LogP contribution >= 0.6 is 0 Å². The van der Waals surface area contributed by atoms with Crippen LogP contribution in [0.3, 0.4) is 0 Å². The van der Waals surface area contributed by atoms with Crippen LogP contribution in [0.1, 0.15) is 26.3 Å². The Morgan fingerprint density at radius 2 is 2.07 bits per heavy atom. The smallest absolute Gasteiger partial charge is 0.127 e. The Kier molecular flexibility index (Phi) is 2.29. The topological polar surface area (TPSA) is 9.23 Å². The molecule has 1 aromatic carbocycles. The summed E-state index contributed by atoms with van der Waals surface area (Å²) >= 11 is 0. The molecule has 15 heavy (non-hydrogen) atoms. The summed E-state index contributed by atoms with van der Waals surface area (Å²) in [4.78, 5) is 0. The lowest BCUT2D eigenvalue weighted by atomic mass is 9.91. The molecule has 1 heterocycles. The monoisotopic (exact) mass is 206 g/mol. The molecule has 0 N–H and O–H groups in total. The molecule has 0 atom stereocenters. The molecular weight excluding hydrogens is 191 g/mol. The fourth-order valence-electron chi connectivity index (χ4n) is 1.91. The van der Waals surface area contributed by atoms with E-state index in [1.54, 1.807) is 6.07 Å². The second kappa shape index (κ2) is 3.37. The van der Waals surface area contributed by atoms with Crippen molar-refractivity contribution in [3.05, 3.63) is 35.7 Å². The van der Waals surface area contributed by atoms with Gasteiger partial charge < -0.3 is 4.74 Å². The van der Waals surface area contributed by atoms with Crippen molar-refractivity contribution in [2.24, 2.45) is 5.41 Å². The molecule has 0 fully saturated rings. The van der Waals surface area contributed by atoms with E-state index in [-0.39, 0.29) is 11.2 Å². The first-order valence-corrected chi connectivity index (χ1v) is 5.10. The maximum Gasteiger partial charge on any atom is 0.127 e. The first kappa shape index (κ1) is 10.2. The molecule has 2 rings (SSSR count). The molecule has 1 aliphatic heterocycles. The van der Waals surface area contributed by atoms with Crippen LogP contribution in [-0.2, 0) is 0 Å². The van der Waals surface area contributed by atoms with E-state index in [1.807, 2.05) is 6.92 Å². The predicted octanol–water partition coefficient (Wildman–Crippen LogP) is 3.65. The normalized spacial score (nSPS) is 18.5. The summed E-state index contributed by atoms with van der Waals surface area (Å²) in [6, 6.07) is 4.66. The van der Waals surface area contributed by atoms with Crippen molar-refractivity contribution in [3.8, 4) is 5.75 Å². The van der Waals surface area contributed by atoms with E-state index in [9.17, 15) is 4.39 Å². The van der Waals surface area contributed by atoms with Crippen LogP contribution in [0.25, 0.3) is 5.57 Å². The molecule has 0 saturated heterocycles. The second-order valence-corrected chi connectivity index (χ2v) is 4.75. The van der Waals surface area contributed by atoms with Gasteiger partial charge in [0.15, 0.2) is 0 Å². The second-order valence-electron chi connectivity index (χ2n) is 4.75. The number of ether oxygens (including phenoxy) is 1. The third kappa shape index (κ3) is 2.04. The summed E-state index contributed by atoms with van der Waals surface area (Å²) in [5, 5.41) is 0. The quantitative estimate of drug-likeness (QED) is 0.629. The SMILES string of the molecule is CC1=CC(C)(C)COc2ccc(F)cc21. The molecule has 0 aromatic heterocycles. The highest BCUT2D eigenvalue weighted by Gasteiger charge is 2.22. The zero-order chi connectivity index (χ0) is 11.1. The predicted molar refractivity (Wildman–Crippen MR) is 59.3 cm³/mol. The highest BCUT2D eigenvalue weighted by atomic mass is 19.1. The number of hydrogen-bond donors (Lipinski definition) is 0. The van der Waals surface area contributed by atoms with E-state index < -0.39 is 0 Å². The van der Waals surface area contributed by atoms with Crippen LogP contribution in [0.15, 0.2) is 24.3 Å². The largest absolute Gasteiger partial charge is 0.492 e. The highest BCUT2D eigenvalue weighted by molar-refractivity contribution is 5.70. The fourth-order valence-corrected chi connectivity index (χ4v) is 1.91. The number of allylic oxidation sites excluding steroid dienone is 1. The minimum atomic E-state index is -0.218. The Hall–Kier alpha value is -1.31. The summed E-state index contributed by atoms with van der Waals surface area (Å²) in [5.74, 6) is 0.556. The van der Waals surface area contributed by atoms with Crippen LogP contribution in [-0.4, -0.2) is 6.61 Å². The number of benzene rings is 1. The number of fused-ring (bicyclic) bond motifs is 1. The Labute approximate surface area is 89.6 Å². The van der Waals surface area contributed by atoms with E-state index >= 15 is 0 Å². The number of hydrogen-bond acceptors (Lipinski definition) is 1. The zero-order valence-electron chi connectivity index (χ0n) is 9.30. The molecule has 0 aliphatic carbocycles. The van der Waals surface area contributed by atoms with Gasteiger partial charge in [-0.3, -0.25) is 0 Å². The van der Waals surface area contributed by atoms with Gasteiger partial charge in [-0.05, 0) is 30.7 Å². The molecule has 0 unspecified atom stereocenters. The third-order valence-corrected chi connectivity index (χ3v) is 2.57. The van der Waals surface area contributed by atoms with Gasteiger partial charge in [0.1, 0.15) is 11.6 Å². The van der Waals surface area contributed by atoms with Gasteiger partial charge in [-0.1, -0.05) is 19.9 Å². The lowest BCUT2D eigenvalue weighted by Crippen LogP contribution is -2.17. The van der Waals surface area contributed by atoms with Crippen molar-refractivity contribution in [3.63, 3.8) is 0 Å². The summed E-state index contributed by atoms with van der Waals surface area (Å²) in [6.07, 6.45) is 2.14. The molecule has 2 heteroatoms. The van der Waals surface area contributed by atoms with E-state index in [4.69, 9.17) is 4.74 Å². The summed E-state index contributed by atoms with van der Waals surface area (Å²) < 4.78 is 18.8. The first-order valence-electron chi connectivity index (χ1n) is 5.10. The molecular formula is C13H15FO. The van der Waals surface area contributed by atoms with Gasteiger partial charge in [0.2, 0.25) is 0 Å². The first-order chi connectivity index (χ1) is 6.98. The van der Waals surface area contributed by atoms with Crippen LogP contribution in [0.5, 0.6) is 5.75 Å². The van der Waals surface area contributed by atoms with Crippen LogP contribution in [0, 0.1) is 11.2 Å².